The summed E-state index contributed by atoms with van der Waals surface area (Å²) in [6.07, 6.45) is -8.16. The van der Waals surface area contributed by atoms with Gasteiger partial charge >= 0.3 is 12.4 Å². The molecule has 0 spiro atoms. The molecule has 3 aromatic rings. The van der Waals surface area contributed by atoms with E-state index >= 15 is 0 Å². The molecule has 0 fully saturated rings. The van der Waals surface area contributed by atoms with Gasteiger partial charge in [-0.2, -0.15) is 26.3 Å². The van der Waals surface area contributed by atoms with E-state index in [0.717, 1.165) is 14.0 Å². The highest BCUT2D eigenvalue weighted by molar-refractivity contribution is 6.33. The number of amides is 2. The van der Waals surface area contributed by atoms with Crippen molar-refractivity contribution in [2.75, 3.05) is 12.4 Å². The fourth-order valence-electron chi connectivity index (χ4n) is 3.55. The Morgan fingerprint density at radius 1 is 0.943 bits per heavy atom. The molecule has 12 heteroatoms. The van der Waals surface area contributed by atoms with Crippen LogP contribution in [0, 0.1) is 6.92 Å². The number of halogens is 7. The Kier molecular flexibility index (Phi) is 7.11. The molecule has 0 aliphatic carbocycles. The minimum absolute atomic E-state index is 0.00231. The number of rotatable bonds is 4. The van der Waals surface area contributed by atoms with Crippen molar-refractivity contribution >= 4 is 29.1 Å². The highest BCUT2D eigenvalue weighted by atomic mass is 35.5. The van der Waals surface area contributed by atoms with E-state index in [1.807, 2.05) is 0 Å². The van der Waals surface area contributed by atoms with Gasteiger partial charge in [-0.1, -0.05) is 29.8 Å². The van der Waals surface area contributed by atoms with Gasteiger partial charge in [0.2, 0.25) is 0 Å². The molecular weight excluding hydrogens is 500 g/mol. The average Bonchev–Trinajstić information content (AvgIpc) is 2.77. The van der Waals surface area contributed by atoms with Gasteiger partial charge < -0.3 is 10.6 Å². The lowest BCUT2D eigenvalue weighted by Gasteiger charge is -2.22. The van der Waals surface area contributed by atoms with Crippen LogP contribution < -0.4 is 10.6 Å². The summed E-state index contributed by atoms with van der Waals surface area (Å²) in [5, 5.41) is 4.40. The highest BCUT2D eigenvalue weighted by Gasteiger charge is 2.45. The molecule has 3 rings (SSSR count). The van der Waals surface area contributed by atoms with Crippen LogP contribution in [0.1, 0.15) is 37.4 Å². The maximum absolute atomic E-state index is 13.9. The third-order valence-electron chi connectivity index (χ3n) is 5.11. The first-order valence-electron chi connectivity index (χ1n) is 9.81. The zero-order chi connectivity index (χ0) is 26.1. The highest BCUT2D eigenvalue weighted by Crippen LogP contribution is 2.43. The van der Waals surface area contributed by atoms with Gasteiger partial charge in [0.1, 0.15) is 0 Å². The lowest BCUT2D eigenvalue weighted by atomic mass is 9.90. The first-order chi connectivity index (χ1) is 16.3. The van der Waals surface area contributed by atoms with E-state index in [0.29, 0.717) is 16.1 Å². The molecule has 184 valence electrons. The third kappa shape index (κ3) is 5.24. The smallest absolute Gasteiger partial charge is 0.355 e. The number of anilines is 1. The Morgan fingerprint density at radius 3 is 2.17 bits per heavy atom. The summed E-state index contributed by atoms with van der Waals surface area (Å²) in [4.78, 5) is 28.9. The predicted octanol–water partition coefficient (Wildman–Crippen LogP) is 6.36. The van der Waals surface area contributed by atoms with Crippen molar-refractivity contribution in [3.8, 4) is 11.1 Å². The Labute approximate surface area is 200 Å². The van der Waals surface area contributed by atoms with Crippen molar-refractivity contribution < 1.29 is 35.9 Å². The molecule has 0 atom stereocenters. The van der Waals surface area contributed by atoms with E-state index < -0.39 is 52.0 Å². The van der Waals surface area contributed by atoms with Crippen LogP contribution in [0.3, 0.4) is 0 Å². The van der Waals surface area contributed by atoms with Gasteiger partial charge in [0.05, 0.1) is 28.6 Å². The van der Waals surface area contributed by atoms with Crippen LogP contribution in [0.25, 0.3) is 11.1 Å². The summed E-state index contributed by atoms with van der Waals surface area (Å²) in [6, 6.07) is 8.19. The van der Waals surface area contributed by atoms with Gasteiger partial charge in [-0.3, -0.25) is 14.6 Å². The molecule has 0 saturated heterocycles. The largest absolute Gasteiger partial charge is 0.417 e. The monoisotopic (exact) mass is 515 g/mol. The number of hydrogen-bond acceptors (Lipinski definition) is 3. The second-order valence-electron chi connectivity index (χ2n) is 7.28. The number of hydrogen-bond donors (Lipinski definition) is 2. The van der Waals surface area contributed by atoms with E-state index in [-0.39, 0.29) is 11.8 Å². The molecule has 1 heterocycles. The molecule has 0 aliphatic heterocycles. The van der Waals surface area contributed by atoms with Crippen molar-refractivity contribution in [1.29, 1.82) is 0 Å². The Hall–Kier alpha value is -3.60. The summed E-state index contributed by atoms with van der Waals surface area (Å²) in [5.74, 6) is -2.85. The van der Waals surface area contributed by atoms with Crippen LogP contribution in [0.4, 0.5) is 32.0 Å². The molecule has 0 aliphatic rings. The molecule has 0 unspecified atom stereocenters. The van der Waals surface area contributed by atoms with Crippen LogP contribution in [0.5, 0.6) is 0 Å². The first kappa shape index (κ1) is 26.0. The van der Waals surface area contributed by atoms with Crippen molar-refractivity contribution in [2.45, 2.75) is 19.3 Å². The van der Waals surface area contributed by atoms with E-state index in [4.69, 9.17) is 11.6 Å². The Balaban J connectivity index is 2.21. The van der Waals surface area contributed by atoms with Crippen LogP contribution in [0.2, 0.25) is 5.02 Å². The first-order valence-corrected chi connectivity index (χ1v) is 10.2. The summed E-state index contributed by atoms with van der Waals surface area (Å²) < 4.78 is 82.8. The van der Waals surface area contributed by atoms with Gasteiger partial charge in [0.15, 0.2) is 0 Å². The van der Waals surface area contributed by atoms with Crippen LogP contribution in [0.15, 0.2) is 48.8 Å². The fourth-order valence-corrected chi connectivity index (χ4v) is 3.79. The van der Waals surface area contributed by atoms with Gasteiger partial charge in [0, 0.05) is 35.0 Å². The number of carbonyl (C=O) groups excluding carboxylic acids is 2. The van der Waals surface area contributed by atoms with Gasteiger partial charge in [-0.25, -0.2) is 0 Å². The number of carbonyl (C=O) groups is 2. The quantitative estimate of drug-likeness (QED) is 0.397. The standard InChI is InChI=1S/C23H16ClF6N3O2/c1-11-14(9-15(22(25,26)27)18(21(35)31-2)19(11)23(28,29)30)20(34)33-17-10-32-8-7-13(17)12-5-3-4-6-16(12)24/h3-10H,1-2H3,(H,31,35)(H,33,34). The molecule has 1 aromatic heterocycles. The van der Waals surface area contributed by atoms with Crippen LogP contribution in [-0.4, -0.2) is 23.8 Å². The lowest BCUT2D eigenvalue weighted by molar-refractivity contribution is -0.144. The molecule has 5 nitrogen and oxygen atoms in total. The second-order valence-corrected chi connectivity index (χ2v) is 7.68. The maximum atomic E-state index is 13.9. The van der Waals surface area contributed by atoms with Crippen molar-refractivity contribution in [3.05, 3.63) is 81.6 Å². The predicted molar refractivity (Wildman–Crippen MR) is 117 cm³/mol. The molecule has 2 aromatic carbocycles. The lowest BCUT2D eigenvalue weighted by Crippen LogP contribution is -2.29. The summed E-state index contributed by atoms with van der Waals surface area (Å²) in [7, 11) is 0.900. The minimum Gasteiger partial charge on any atom is -0.355 e. The molecular formula is C23H16ClF6N3O2. The normalized spacial score (nSPS) is 11.8. The zero-order valence-electron chi connectivity index (χ0n) is 18.0. The fraction of sp³-hybridized carbons (Fsp3) is 0.174. The number of aromatic nitrogens is 1. The third-order valence-corrected chi connectivity index (χ3v) is 5.44. The van der Waals surface area contributed by atoms with Gasteiger partial charge in [0.25, 0.3) is 11.8 Å². The zero-order valence-corrected chi connectivity index (χ0v) is 18.8. The molecule has 0 bridgehead atoms. The topological polar surface area (TPSA) is 71.1 Å². The van der Waals surface area contributed by atoms with E-state index in [2.05, 4.69) is 10.3 Å². The van der Waals surface area contributed by atoms with E-state index in [1.54, 1.807) is 29.6 Å². The van der Waals surface area contributed by atoms with Gasteiger partial charge in [-0.05, 0) is 30.7 Å². The number of pyridine rings is 1. The van der Waals surface area contributed by atoms with Crippen molar-refractivity contribution in [3.63, 3.8) is 0 Å². The summed E-state index contributed by atoms with van der Waals surface area (Å²) in [5.41, 5.74) is -6.32. The molecule has 0 radical (unpaired) electrons. The van der Waals surface area contributed by atoms with Crippen molar-refractivity contribution in [2.24, 2.45) is 0 Å². The SMILES string of the molecule is CNC(=O)c1c(C(F)(F)F)cc(C(=O)Nc2cnccc2-c2ccccc2Cl)c(C)c1C(F)(F)F. The Morgan fingerprint density at radius 2 is 1.60 bits per heavy atom. The molecule has 0 saturated carbocycles. The van der Waals surface area contributed by atoms with Crippen LogP contribution >= 0.6 is 11.6 Å². The average molecular weight is 516 g/mol. The van der Waals surface area contributed by atoms with Crippen molar-refractivity contribution in [1.82, 2.24) is 10.3 Å². The summed E-state index contributed by atoms with van der Waals surface area (Å²) >= 11 is 6.19. The second kappa shape index (κ2) is 9.57. The summed E-state index contributed by atoms with van der Waals surface area (Å²) in [6.45, 7) is 0.822. The minimum atomic E-state index is -5.36. The Bertz CT molecular complexity index is 1310. The van der Waals surface area contributed by atoms with E-state index in [1.165, 1.54) is 18.5 Å². The number of benzene rings is 2. The number of alkyl halides is 6. The van der Waals surface area contributed by atoms with Gasteiger partial charge in [-0.15, -0.1) is 0 Å². The van der Waals surface area contributed by atoms with E-state index in [9.17, 15) is 35.9 Å². The van der Waals surface area contributed by atoms with Crippen LogP contribution in [-0.2, 0) is 12.4 Å². The number of nitrogens with zero attached hydrogens (tertiary/aromatic N) is 1. The maximum Gasteiger partial charge on any atom is 0.417 e. The molecule has 35 heavy (non-hydrogen) atoms. The molecule has 2 amide bonds. The number of nitrogens with one attached hydrogen (secondary N) is 2. The molecule has 2 N–H and O–H groups in total.